The van der Waals surface area contributed by atoms with E-state index in [1.807, 2.05) is 48.0 Å². The molecule has 28 heavy (non-hydrogen) atoms. The molecule has 1 N–H and O–H groups in total. The number of hydrogen-bond donors (Lipinski definition) is 1. The van der Waals surface area contributed by atoms with Crippen LogP contribution in [0.15, 0.2) is 72.8 Å². The summed E-state index contributed by atoms with van der Waals surface area (Å²) in [6, 6.07) is 20.8. The molecule has 0 saturated heterocycles. The minimum Gasteiger partial charge on any atom is -0.327 e. The third kappa shape index (κ3) is 3.21. The molecule has 0 aliphatic heterocycles. The monoisotopic (exact) mass is 372 g/mol. The third-order valence-corrected chi connectivity index (χ3v) is 4.53. The van der Waals surface area contributed by atoms with Crippen molar-refractivity contribution in [3.05, 3.63) is 88.5 Å². The van der Waals surface area contributed by atoms with Crippen molar-refractivity contribution in [3.8, 4) is 11.4 Å². The molecule has 0 atom stereocenters. The number of fused-ring (bicyclic) bond motifs is 1. The van der Waals surface area contributed by atoms with E-state index < -0.39 is 4.92 Å². The average molecular weight is 372 g/mol. The summed E-state index contributed by atoms with van der Waals surface area (Å²) in [5.41, 5.74) is 3.84. The molecule has 7 heteroatoms. The van der Waals surface area contributed by atoms with Crippen molar-refractivity contribution >= 4 is 28.3 Å². The van der Waals surface area contributed by atoms with Crippen LogP contribution in [0.5, 0.6) is 0 Å². The fourth-order valence-corrected chi connectivity index (χ4v) is 3.04. The quantitative estimate of drug-likeness (QED) is 0.425. The number of amides is 1. The number of non-ortho nitro benzene ring substituents is 1. The van der Waals surface area contributed by atoms with Gasteiger partial charge in [-0.25, -0.2) is 4.98 Å². The molecule has 4 rings (SSSR count). The minimum absolute atomic E-state index is 0.0524. The van der Waals surface area contributed by atoms with E-state index in [9.17, 15) is 14.9 Å². The van der Waals surface area contributed by atoms with Crippen molar-refractivity contribution in [3.63, 3.8) is 0 Å². The normalized spacial score (nSPS) is 10.8. The molecule has 0 fully saturated rings. The molecular formula is C21H16N4O3. The van der Waals surface area contributed by atoms with E-state index in [1.165, 1.54) is 24.3 Å². The maximum absolute atomic E-state index is 12.3. The molecule has 138 valence electrons. The van der Waals surface area contributed by atoms with Gasteiger partial charge in [0.05, 0.1) is 16.0 Å². The summed E-state index contributed by atoms with van der Waals surface area (Å²) in [6.45, 7) is 0. The van der Waals surface area contributed by atoms with Crippen LogP contribution >= 0.6 is 0 Å². The molecule has 7 nitrogen and oxygen atoms in total. The maximum atomic E-state index is 12.3. The number of nitro groups is 1. The van der Waals surface area contributed by atoms with E-state index in [2.05, 4.69) is 10.3 Å². The first-order valence-corrected chi connectivity index (χ1v) is 8.60. The van der Waals surface area contributed by atoms with Gasteiger partial charge in [-0.1, -0.05) is 12.1 Å². The highest BCUT2D eigenvalue weighted by Gasteiger charge is 2.11. The Labute approximate surface area is 160 Å². The van der Waals surface area contributed by atoms with E-state index in [4.69, 9.17) is 0 Å². The number of nitrogens with one attached hydrogen (secondary N) is 1. The highest BCUT2D eigenvalue weighted by Crippen LogP contribution is 2.25. The second kappa shape index (κ2) is 6.96. The Bertz CT molecular complexity index is 1180. The summed E-state index contributed by atoms with van der Waals surface area (Å²) < 4.78 is 2.03. The first-order valence-electron chi connectivity index (χ1n) is 8.60. The third-order valence-electron chi connectivity index (χ3n) is 4.53. The number of hydrogen-bond acceptors (Lipinski definition) is 4. The summed E-state index contributed by atoms with van der Waals surface area (Å²) in [5.74, 6) is 0.514. The van der Waals surface area contributed by atoms with Crippen LogP contribution in [-0.4, -0.2) is 20.4 Å². The number of nitro benzene ring substituents is 1. The molecular weight excluding hydrogens is 356 g/mol. The highest BCUT2D eigenvalue weighted by molar-refractivity contribution is 6.04. The predicted octanol–water partition coefficient (Wildman–Crippen LogP) is 4.40. The van der Waals surface area contributed by atoms with Crippen LogP contribution in [-0.2, 0) is 7.05 Å². The maximum Gasteiger partial charge on any atom is 0.269 e. The zero-order valence-electron chi connectivity index (χ0n) is 15.0. The van der Waals surface area contributed by atoms with Gasteiger partial charge >= 0.3 is 0 Å². The van der Waals surface area contributed by atoms with Crippen molar-refractivity contribution < 1.29 is 9.72 Å². The number of para-hydroxylation sites is 2. The fourth-order valence-electron chi connectivity index (χ4n) is 3.04. The van der Waals surface area contributed by atoms with Crippen LogP contribution in [0.3, 0.4) is 0 Å². The summed E-state index contributed by atoms with van der Waals surface area (Å²) in [5, 5.41) is 13.5. The largest absolute Gasteiger partial charge is 0.327 e. The SMILES string of the molecule is Cn1c(-c2ccc(NC(=O)c3ccc([N+](=O)[O-])cc3)cc2)nc2ccccc21. The van der Waals surface area contributed by atoms with Crippen molar-refractivity contribution in [2.75, 3.05) is 5.32 Å². The molecule has 0 aliphatic carbocycles. The van der Waals surface area contributed by atoms with Crippen LogP contribution in [0.4, 0.5) is 11.4 Å². The molecule has 1 aromatic heterocycles. The van der Waals surface area contributed by atoms with Crippen LogP contribution in [0.1, 0.15) is 10.4 Å². The molecule has 0 radical (unpaired) electrons. The molecule has 0 aliphatic rings. The van der Waals surface area contributed by atoms with Crippen LogP contribution in [0.2, 0.25) is 0 Å². The number of benzene rings is 3. The van der Waals surface area contributed by atoms with E-state index in [-0.39, 0.29) is 11.6 Å². The number of anilines is 1. The highest BCUT2D eigenvalue weighted by atomic mass is 16.6. The van der Waals surface area contributed by atoms with Crippen molar-refractivity contribution in [1.82, 2.24) is 9.55 Å². The zero-order chi connectivity index (χ0) is 19.7. The lowest BCUT2D eigenvalue weighted by molar-refractivity contribution is -0.384. The van der Waals surface area contributed by atoms with Crippen LogP contribution in [0, 0.1) is 10.1 Å². The van der Waals surface area contributed by atoms with E-state index in [0.29, 0.717) is 11.3 Å². The molecule has 0 bridgehead atoms. The minimum atomic E-state index is -0.499. The predicted molar refractivity (Wildman–Crippen MR) is 107 cm³/mol. The van der Waals surface area contributed by atoms with E-state index >= 15 is 0 Å². The second-order valence-electron chi connectivity index (χ2n) is 6.32. The lowest BCUT2D eigenvalue weighted by Crippen LogP contribution is -2.11. The molecule has 1 heterocycles. The molecule has 0 unspecified atom stereocenters. The number of aromatic nitrogens is 2. The smallest absolute Gasteiger partial charge is 0.269 e. The van der Waals surface area contributed by atoms with Gasteiger partial charge in [0, 0.05) is 36.0 Å². The van der Waals surface area contributed by atoms with Crippen molar-refractivity contribution in [2.24, 2.45) is 7.05 Å². The number of rotatable bonds is 4. The van der Waals surface area contributed by atoms with Gasteiger partial charge in [0.1, 0.15) is 5.82 Å². The Morgan fingerprint density at radius 2 is 1.68 bits per heavy atom. The van der Waals surface area contributed by atoms with Crippen molar-refractivity contribution in [2.45, 2.75) is 0 Å². The lowest BCUT2D eigenvalue weighted by Gasteiger charge is -2.07. The second-order valence-corrected chi connectivity index (χ2v) is 6.32. The van der Waals surface area contributed by atoms with Crippen LogP contribution < -0.4 is 5.32 Å². The standard InChI is InChI=1S/C21H16N4O3/c1-24-19-5-3-2-4-18(19)23-20(24)14-6-10-16(11-7-14)22-21(26)15-8-12-17(13-9-15)25(27)28/h2-13H,1H3,(H,22,26). The summed E-state index contributed by atoms with van der Waals surface area (Å²) in [7, 11) is 1.97. The fraction of sp³-hybridized carbons (Fsp3) is 0.0476. The van der Waals surface area contributed by atoms with E-state index in [1.54, 1.807) is 12.1 Å². The zero-order valence-corrected chi connectivity index (χ0v) is 15.0. The molecule has 3 aromatic carbocycles. The Morgan fingerprint density at radius 1 is 1.00 bits per heavy atom. The van der Waals surface area contributed by atoms with Gasteiger partial charge in [-0.15, -0.1) is 0 Å². The summed E-state index contributed by atoms with van der Waals surface area (Å²) >= 11 is 0. The molecule has 1 amide bonds. The number of carbonyl (C=O) groups excluding carboxylic acids is 1. The van der Waals surface area contributed by atoms with Crippen LogP contribution in [0.25, 0.3) is 22.4 Å². The van der Waals surface area contributed by atoms with Gasteiger partial charge < -0.3 is 9.88 Å². The number of aryl methyl sites for hydroxylation is 1. The van der Waals surface area contributed by atoms with Gasteiger partial charge in [-0.05, 0) is 48.5 Å². The molecule has 0 saturated carbocycles. The van der Waals surface area contributed by atoms with Gasteiger partial charge in [0.15, 0.2) is 0 Å². The van der Waals surface area contributed by atoms with Crippen molar-refractivity contribution in [1.29, 1.82) is 0 Å². The Morgan fingerprint density at radius 3 is 2.32 bits per heavy atom. The first kappa shape index (κ1) is 17.4. The van der Waals surface area contributed by atoms with Gasteiger partial charge in [-0.3, -0.25) is 14.9 Å². The van der Waals surface area contributed by atoms with Gasteiger partial charge in [0.25, 0.3) is 11.6 Å². The average Bonchev–Trinajstić information content (AvgIpc) is 3.05. The van der Waals surface area contributed by atoms with Gasteiger partial charge in [-0.2, -0.15) is 0 Å². The van der Waals surface area contributed by atoms with E-state index in [0.717, 1.165) is 22.4 Å². The topological polar surface area (TPSA) is 90.1 Å². The summed E-state index contributed by atoms with van der Waals surface area (Å²) in [4.78, 5) is 27.2. The van der Waals surface area contributed by atoms with Gasteiger partial charge in [0.2, 0.25) is 0 Å². The molecule has 0 spiro atoms. The Balaban J connectivity index is 1.53. The first-order chi connectivity index (χ1) is 13.5. The molecule has 4 aromatic rings. The number of imidazole rings is 1. The number of carbonyl (C=O) groups is 1. The Hall–Kier alpha value is -4.00. The lowest BCUT2D eigenvalue weighted by atomic mass is 10.1. The number of nitrogens with zero attached hydrogens (tertiary/aromatic N) is 3. The Kier molecular flexibility index (Phi) is 4.33. The summed E-state index contributed by atoms with van der Waals surface area (Å²) in [6.07, 6.45) is 0.